The fourth-order valence-corrected chi connectivity index (χ4v) is 2.65. The van der Waals surface area contributed by atoms with Crippen molar-refractivity contribution in [3.05, 3.63) is 59.3 Å². The quantitative estimate of drug-likeness (QED) is 0.670. The number of rotatable bonds is 4. The molecule has 3 aromatic rings. The molecule has 5 nitrogen and oxygen atoms in total. The molecule has 0 aliphatic heterocycles. The minimum Gasteiger partial charge on any atom is -0.380 e. The molecule has 7 heteroatoms. The van der Waals surface area contributed by atoms with Crippen molar-refractivity contribution < 1.29 is 18.7 Å². The third kappa shape index (κ3) is 3.09. The highest BCUT2D eigenvalue weighted by molar-refractivity contribution is 6.01. The lowest BCUT2D eigenvalue weighted by Crippen LogP contribution is -2.29. The standard InChI is InChI=1S/C19H15F2N3O2/c20-12-3-1-2-11(8-12)4-5-15-13-9-17(14(21)10-16(13)24-23-15)22-18(25)19(26)6-7-19/h1-5,8-10,26H,6-7H2,(H,22,25)(H,23,24)/b5-4+. The Hall–Kier alpha value is -3.06. The van der Waals surface area contributed by atoms with Crippen molar-refractivity contribution in [2.75, 3.05) is 5.32 Å². The first-order valence-electron chi connectivity index (χ1n) is 8.10. The fraction of sp³-hybridized carbons (Fsp3) is 0.158. The zero-order valence-electron chi connectivity index (χ0n) is 13.6. The molecule has 0 saturated heterocycles. The number of carbonyl (C=O) groups is 1. The number of nitrogens with one attached hydrogen (secondary N) is 2. The monoisotopic (exact) mass is 355 g/mol. The largest absolute Gasteiger partial charge is 0.380 e. The lowest BCUT2D eigenvalue weighted by atomic mass is 10.1. The van der Waals surface area contributed by atoms with Crippen LogP contribution in [0, 0.1) is 11.6 Å². The third-order valence-corrected chi connectivity index (χ3v) is 4.36. The van der Waals surface area contributed by atoms with Crippen LogP contribution in [0.15, 0.2) is 36.4 Å². The molecule has 3 N–H and O–H groups in total. The van der Waals surface area contributed by atoms with E-state index in [-0.39, 0.29) is 11.5 Å². The Bertz CT molecular complexity index is 1040. The number of carbonyl (C=O) groups excluding carboxylic acids is 1. The summed E-state index contributed by atoms with van der Waals surface area (Å²) in [5.74, 6) is -1.58. The summed E-state index contributed by atoms with van der Waals surface area (Å²) in [5, 5.41) is 19.7. The van der Waals surface area contributed by atoms with Crippen molar-refractivity contribution in [1.82, 2.24) is 10.2 Å². The van der Waals surface area contributed by atoms with Crippen LogP contribution in [0.3, 0.4) is 0 Å². The van der Waals surface area contributed by atoms with Gasteiger partial charge in [-0.05, 0) is 42.7 Å². The molecule has 1 saturated carbocycles. The van der Waals surface area contributed by atoms with Gasteiger partial charge in [0.15, 0.2) is 0 Å². The van der Waals surface area contributed by atoms with Crippen LogP contribution >= 0.6 is 0 Å². The van der Waals surface area contributed by atoms with Crippen LogP contribution in [-0.4, -0.2) is 26.8 Å². The maximum atomic E-state index is 14.2. The zero-order valence-corrected chi connectivity index (χ0v) is 13.6. The number of nitrogens with zero attached hydrogens (tertiary/aromatic N) is 1. The molecule has 1 fully saturated rings. The summed E-state index contributed by atoms with van der Waals surface area (Å²) in [6, 6.07) is 8.77. The van der Waals surface area contributed by atoms with Crippen LogP contribution in [-0.2, 0) is 4.79 Å². The molecule has 2 aromatic carbocycles. The number of amides is 1. The Labute approximate surface area is 147 Å². The molecule has 1 aliphatic carbocycles. The first-order valence-corrected chi connectivity index (χ1v) is 8.10. The number of H-pyrrole nitrogens is 1. The van der Waals surface area contributed by atoms with E-state index in [1.807, 2.05) is 0 Å². The van der Waals surface area contributed by atoms with Crippen molar-refractivity contribution in [1.29, 1.82) is 0 Å². The molecule has 0 radical (unpaired) electrons. The Morgan fingerprint density at radius 1 is 1.23 bits per heavy atom. The van der Waals surface area contributed by atoms with Gasteiger partial charge in [0.1, 0.15) is 17.2 Å². The maximum absolute atomic E-state index is 14.2. The van der Waals surface area contributed by atoms with Crippen molar-refractivity contribution in [2.24, 2.45) is 0 Å². The Morgan fingerprint density at radius 3 is 2.77 bits per heavy atom. The highest BCUT2D eigenvalue weighted by Crippen LogP contribution is 2.36. The molecule has 4 rings (SSSR count). The maximum Gasteiger partial charge on any atom is 0.256 e. The van der Waals surface area contributed by atoms with Crippen LogP contribution in [0.5, 0.6) is 0 Å². The molecule has 1 amide bonds. The SMILES string of the molecule is O=C(Nc1cc2c(/C=C/c3cccc(F)c3)n[nH]c2cc1F)C1(O)CC1. The number of benzene rings is 2. The molecule has 132 valence electrons. The number of hydrogen-bond acceptors (Lipinski definition) is 3. The van der Waals surface area contributed by atoms with E-state index in [0.29, 0.717) is 35.0 Å². The fourth-order valence-electron chi connectivity index (χ4n) is 2.65. The van der Waals surface area contributed by atoms with Crippen molar-refractivity contribution in [3.63, 3.8) is 0 Å². The van der Waals surface area contributed by atoms with Gasteiger partial charge in [-0.25, -0.2) is 8.78 Å². The summed E-state index contributed by atoms with van der Waals surface area (Å²) in [5.41, 5.74) is 0.226. The highest BCUT2D eigenvalue weighted by atomic mass is 19.1. The Morgan fingerprint density at radius 2 is 2.04 bits per heavy atom. The summed E-state index contributed by atoms with van der Waals surface area (Å²) >= 11 is 0. The summed E-state index contributed by atoms with van der Waals surface area (Å²) < 4.78 is 27.4. The van der Waals surface area contributed by atoms with Gasteiger partial charge in [-0.15, -0.1) is 0 Å². The van der Waals surface area contributed by atoms with Crippen LogP contribution in [0.4, 0.5) is 14.5 Å². The van der Waals surface area contributed by atoms with Crippen LogP contribution < -0.4 is 5.32 Å². The number of halogens is 2. The lowest BCUT2D eigenvalue weighted by Gasteiger charge is -2.10. The van der Waals surface area contributed by atoms with Gasteiger partial charge in [0.25, 0.3) is 5.91 Å². The van der Waals surface area contributed by atoms with Gasteiger partial charge in [0, 0.05) is 11.5 Å². The number of aromatic nitrogens is 2. The predicted molar refractivity (Wildman–Crippen MR) is 94.2 cm³/mol. The number of hydrogen-bond donors (Lipinski definition) is 3. The van der Waals surface area contributed by atoms with E-state index >= 15 is 0 Å². The molecular weight excluding hydrogens is 340 g/mol. The first kappa shape index (κ1) is 16.4. The van der Waals surface area contributed by atoms with Gasteiger partial charge in [-0.2, -0.15) is 5.10 Å². The minimum absolute atomic E-state index is 0.0235. The van der Waals surface area contributed by atoms with Crippen molar-refractivity contribution in [3.8, 4) is 0 Å². The van der Waals surface area contributed by atoms with Crippen molar-refractivity contribution in [2.45, 2.75) is 18.4 Å². The van der Waals surface area contributed by atoms with E-state index in [0.717, 1.165) is 0 Å². The third-order valence-electron chi connectivity index (χ3n) is 4.36. The lowest BCUT2D eigenvalue weighted by molar-refractivity contribution is -0.125. The molecular formula is C19H15F2N3O2. The van der Waals surface area contributed by atoms with Crippen LogP contribution in [0.25, 0.3) is 23.1 Å². The Balaban J connectivity index is 1.66. The van der Waals surface area contributed by atoms with Crippen molar-refractivity contribution >= 4 is 34.6 Å². The van der Waals surface area contributed by atoms with E-state index in [9.17, 15) is 18.7 Å². The average molecular weight is 355 g/mol. The number of aliphatic hydroxyl groups is 1. The van der Waals surface area contributed by atoms with Gasteiger partial charge in [0.2, 0.25) is 0 Å². The molecule has 1 heterocycles. The smallest absolute Gasteiger partial charge is 0.256 e. The van der Waals surface area contributed by atoms with Crippen LogP contribution in [0.2, 0.25) is 0 Å². The Kier molecular flexibility index (Phi) is 3.81. The molecule has 1 aliphatic rings. The van der Waals surface area contributed by atoms with Gasteiger partial charge >= 0.3 is 0 Å². The average Bonchev–Trinajstić information content (AvgIpc) is 3.25. The van der Waals surface area contributed by atoms with E-state index in [2.05, 4.69) is 15.5 Å². The number of aromatic amines is 1. The molecule has 0 bridgehead atoms. The second-order valence-electron chi connectivity index (χ2n) is 6.36. The predicted octanol–water partition coefficient (Wildman–Crippen LogP) is 3.47. The summed E-state index contributed by atoms with van der Waals surface area (Å²) in [6.45, 7) is 0. The van der Waals surface area contributed by atoms with E-state index in [1.54, 1.807) is 24.3 Å². The summed E-state index contributed by atoms with van der Waals surface area (Å²) in [4.78, 5) is 11.9. The van der Waals surface area contributed by atoms with Gasteiger partial charge in [-0.3, -0.25) is 9.89 Å². The summed E-state index contributed by atoms with van der Waals surface area (Å²) in [6.07, 6.45) is 4.10. The van der Waals surface area contributed by atoms with E-state index in [1.165, 1.54) is 24.3 Å². The van der Waals surface area contributed by atoms with Gasteiger partial charge < -0.3 is 10.4 Å². The summed E-state index contributed by atoms with van der Waals surface area (Å²) in [7, 11) is 0. The van der Waals surface area contributed by atoms with E-state index in [4.69, 9.17) is 0 Å². The molecule has 0 spiro atoms. The molecule has 26 heavy (non-hydrogen) atoms. The minimum atomic E-state index is -1.39. The normalized spacial score (nSPS) is 15.5. The number of anilines is 1. The second-order valence-corrected chi connectivity index (χ2v) is 6.36. The highest BCUT2D eigenvalue weighted by Gasteiger charge is 2.48. The van der Waals surface area contributed by atoms with Crippen LogP contribution in [0.1, 0.15) is 24.1 Å². The van der Waals surface area contributed by atoms with Gasteiger partial charge in [-0.1, -0.05) is 18.2 Å². The molecule has 0 unspecified atom stereocenters. The zero-order chi connectivity index (χ0) is 18.3. The topological polar surface area (TPSA) is 78.0 Å². The molecule has 1 aromatic heterocycles. The molecule has 0 atom stereocenters. The van der Waals surface area contributed by atoms with Gasteiger partial charge in [0.05, 0.1) is 16.9 Å². The first-order chi connectivity index (χ1) is 12.4. The van der Waals surface area contributed by atoms with E-state index < -0.39 is 17.3 Å². The number of fused-ring (bicyclic) bond motifs is 1. The second kappa shape index (κ2) is 6.03.